The van der Waals surface area contributed by atoms with E-state index in [-0.39, 0.29) is 18.9 Å². The molecule has 0 rings (SSSR count). The summed E-state index contributed by atoms with van der Waals surface area (Å²) in [7, 11) is -3.98. The van der Waals surface area contributed by atoms with Crippen LogP contribution in [-0.4, -0.2) is 38.4 Å². The van der Waals surface area contributed by atoms with E-state index in [2.05, 4.69) is 11.6 Å². The summed E-state index contributed by atoms with van der Waals surface area (Å²) in [6, 6.07) is 0. The molecule has 0 heterocycles. The molecule has 0 aliphatic rings. The number of hydrogen-bond acceptors (Lipinski definition) is 2. The second kappa shape index (κ2) is 13.9. The summed E-state index contributed by atoms with van der Waals surface area (Å²) in [5.41, 5.74) is 0. The summed E-state index contributed by atoms with van der Waals surface area (Å²) in [6.45, 7) is 2.57. The van der Waals surface area contributed by atoms with E-state index >= 15 is 0 Å². The Balaban J connectivity index is 0. The van der Waals surface area contributed by atoms with Crippen LogP contribution >= 0.6 is 0 Å². The summed E-state index contributed by atoms with van der Waals surface area (Å²) in [4.78, 5) is 0. The first-order chi connectivity index (χ1) is 8.06. The Bertz CT molecular complexity index is 258. The fourth-order valence-corrected chi connectivity index (χ4v) is 2.22. The predicted octanol–water partition coefficient (Wildman–Crippen LogP) is 2.65. The number of rotatable bonds is 12. The minimum absolute atomic E-state index is 0. The van der Waals surface area contributed by atoms with Crippen molar-refractivity contribution in [1.82, 2.24) is 4.72 Å². The molecule has 0 bridgehead atoms. The Morgan fingerprint density at radius 1 is 0.833 bits per heavy atom. The van der Waals surface area contributed by atoms with E-state index in [1.165, 1.54) is 44.9 Å². The van der Waals surface area contributed by atoms with Crippen LogP contribution in [0.2, 0.25) is 0 Å². The second-order valence-electron chi connectivity index (χ2n) is 4.55. The Kier molecular flexibility index (Phi) is 16.0. The zero-order valence-corrected chi connectivity index (χ0v) is 11.8. The normalized spacial score (nSPS) is 11.2. The summed E-state index contributed by atoms with van der Waals surface area (Å²) in [5.74, 6) is 0. The molecule has 0 atom stereocenters. The van der Waals surface area contributed by atoms with Gasteiger partial charge in [0.15, 0.2) is 0 Å². The Labute approximate surface area is 124 Å². The molecule has 0 aliphatic carbocycles. The third-order valence-corrected chi connectivity index (χ3v) is 3.38. The van der Waals surface area contributed by atoms with Crippen molar-refractivity contribution in [2.75, 3.05) is 6.54 Å². The standard InChI is InChI=1S/C12H27NO3S.Li.H/c1-2-3-4-5-6-7-8-9-10-11-12-13-17(14,15)16;;/h13H,2-12H2,1H3,(H,14,15,16);;. The van der Waals surface area contributed by atoms with Gasteiger partial charge in [0.05, 0.1) is 0 Å². The SMILES string of the molecule is CCCCCCCCCCCCNS(=O)(=O)O.[LiH]. The van der Waals surface area contributed by atoms with Crippen molar-refractivity contribution in [3.8, 4) is 0 Å². The molecular formula is C12H28LiNO3S. The zero-order chi connectivity index (χ0) is 13.0. The van der Waals surface area contributed by atoms with Crippen molar-refractivity contribution < 1.29 is 13.0 Å². The van der Waals surface area contributed by atoms with Gasteiger partial charge in [-0.15, -0.1) is 0 Å². The first-order valence-corrected chi connectivity index (χ1v) is 8.22. The number of unbranched alkanes of at least 4 members (excludes halogenated alkanes) is 9. The monoisotopic (exact) mass is 273 g/mol. The first-order valence-electron chi connectivity index (χ1n) is 6.78. The molecule has 0 aromatic carbocycles. The van der Waals surface area contributed by atoms with Crippen LogP contribution in [0.25, 0.3) is 0 Å². The Morgan fingerprint density at radius 2 is 1.22 bits per heavy atom. The molecule has 0 radical (unpaired) electrons. The molecule has 4 nitrogen and oxygen atoms in total. The van der Waals surface area contributed by atoms with Crippen molar-refractivity contribution >= 4 is 29.2 Å². The van der Waals surface area contributed by atoms with Gasteiger partial charge in [0, 0.05) is 6.54 Å². The van der Waals surface area contributed by atoms with Crippen LogP contribution in [0.4, 0.5) is 0 Å². The molecule has 0 spiro atoms. The molecule has 0 unspecified atom stereocenters. The third kappa shape index (κ3) is 18.8. The molecule has 106 valence electrons. The average molecular weight is 273 g/mol. The van der Waals surface area contributed by atoms with Gasteiger partial charge >= 0.3 is 29.2 Å². The van der Waals surface area contributed by atoms with Gasteiger partial charge in [0.25, 0.3) is 0 Å². The van der Waals surface area contributed by atoms with Gasteiger partial charge in [0.1, 0.15) is 0 Å². The van der Waals surface area contributed by atoms with Crippen molar-refractivity contribution in [1.29, 1.82) is 0 Å². The van der Waals surface area contributed by atoms with Crippen molar-refractivity contribution in [3.05, 3.63) is 0 Å². The molecule has 0 fully saturated rings. The Hall–Kier alpha value is 0.467. The predicted molar refractivity (Wildman–Crippen MR) is 78.5 cm³/mol. The van der Waals surface area contributed by atoms with E-state index in [1.807, 2.05) is 0 Å². The molecular weight excluding hydrogens is 245 g/mol. The molecule has 0 aromatic heterocycles. The summed E-state index contributed by atoms with van der Waals surface area (Å²) >= 11 is 0. The second-order valence-corrected chi connectivity index (χ2v) is 5.79. The maximum atomic E-state index is 10.3. The topological polar surface area (TPSA) is 66.4 Å². The van der Waals surface area contributed by atoms with Crippen molar-refractivity contribution in [2.24, 2.45) is 0 Å². The molecule has 0 amide bonds. The van der Waals surface area contributed by atoms with Gasteiger partial charge < -0.3 is 0 Å². The van der Waals surface area contributed by atoms with Gasteiger partial charge in [0.2, 0.25) is 0 Å². The van der Waals surface area contributed by atoms with Crippen LogP contribution < -0.4 is 4.72 Å². The van der Waals surface area contributed by atoms with Gasteiger partial charge in [-0.25, -0.2) is 0 Å². The maximum absolute atomic E-state index is 10.3. The van der Waals surface area contributed by atoms with Crippen molar-refractivity contribution in [2.45, 2.75) is 71.1 Å². The van der Waals surface area contributed by atoms with E-state index < -0.39 is 10.3 Å². The fourth-order valence-electron chi connectivity index (χ4n) is 1.81. The number of nitrogens with one attached hydrogen (secondary N) is 1. The summed E-state index contributed by atoms with van der Waals surface area (Å²) in [6.07, 6.45) is 12.2. The minimum atomic E-state index is -3.98. The summed E-state index contributed by atoms with van der Waals surface area (Å²) < 4.78 is 31.2. The van der Waals surface area contributed by atoms with E-state index in [0.717, 1.165) is 19.3 Å². The molecule has 6 heteroatoms. The number of hydrogen-bond donors (Lipinski definition) is 2. The Morgan fingerprint density at radius 3 is 1.61 bits per heavy atom. The molecule has 0 aliphatic heterocycles. The quantitative estimate of drug-likeness (QED) is 0.326. The van der Waals surface area contributed by atoms with Gasteiger partial charge in [-0.2, -0.15) is 13.1 Å². The van der Waals surface area contributed by atoms with Crippen LogP contribution in [-0.2, 0) is 10.3 Å². The average Bonchev–Trinajstić information content (AvgIpc) is 2.24. The molecule has 0 saturated carbocycles. The van der Waals surface area contributed by atoms with E-state index in [4.69, 9.17) is 4.55 Å². The molecule has 18 heavy (non-hydrogen) atoms. The van der Waals surface area contributed by atoms with Crippen molar-refractivity contribution in [3.63, 3.8) is 0 Å². The van der Waals surface area contributed by atoms with Crippen LogP contribution in [0.5, 0.6) is 0 Å². The van der Waals surface area contributed by atoms with Crippen LogP contribution in [0.15, 0.2) is 0 Å². The van der Waals surface area contributed by atoms with Crippen LogP contribution in [0.1, 0.15) is 71.1 Å². The molecule has 0 aromatic rings. The van der Waals surface area contributed by atoms with Gasteiger partial charge in [-0.1, -0.05) is 64.7 Å². The fraction of sp³-hybridized carbons (Fsp3) is 1.00. The first kappa shape index (κ1) is 20.8. The summed E-state index contributed by atoms with van der Waals surface area (Å²) in [5, 5.41) is 0. The van der Waals surface area contributed by atoms with E-state index in [1.54, 1.807) is 0 Å². The molecule has 2 N–H and O–H groups in total. The van der Waals surface area contributed by atoms with E-state index in [9.17, 15) is 8.42 Å². The van der Waals surface area contributed by atoms with Crippen LogP contribution in [0.3, 0.4) is 0 Å². The zero-order valence-electron chi connectivity index (χ0n) is 11.0. The van der Waals surface area contributed by atoms with Gasteiger partial charge in [-0.3, -0.25) is 4.55 Å². The van der Waals surface area contributed by atoms with E-state index in [0.29, 0.717) is 6.54 Å². The van der Waals surface area contributed by atoms with Crippen LogP contribution in [0, 0.1) is 0 Å². The molecule has 0 saturated heterocycles. The third-order valence-electron chi connectivity index (χ3n) is 2.81. The van der Waals surface area contributed by atoms with Gasteiger partial charge in [-0.05, 0) is 6.42 Å².